The predicted molar refractivity (Wildman–Crippen MR) is 120 cm³/mol. The molecule has 0 aliphatic carbocycles. The van der Waals surface area contributed by atoms with Gasteiger partial charge in [-0.25, -0.2) is 0 Å². The molecule has 162 valence electrons. The van der Waals surface area contributed by atoms with E-state index in [9.17, 15) is 9.59 Å². The first-order valence-electron chi connectivity index (χ1n) is 10.7. The molecule has 5 heteroatoms. The van der Waals surface area contributed by atoms with Crippen LogP contribution < -0.4 is 10.1 Å². The molecule has 5 nitrogen and oxygen atoms in total. The molecule has 0 bridgehead atoms. The molecule has 2 rings (SSSR count). The van der Waals surface area contributed by atoms with E-state index in [1.807, 2.05) is 75.4 Å². The molecule has 0 saturated carbocycles. The Kier molecular flexibility index (Phi) is 9.39. The normalized spacial score (nSPS) is 11.8. The van der Waals surface area contributed by atoms with E-state index < -0.39 is 6.04 Å². The maximum absolute atomic E-state index is 13.0. The van der Waals surface area contributed by atoms with Crippen LogP contribution in [0.25, 0.3) is 0 Å². The molecular weight excluding hydrogens is 376 g/mol. The van der Waals surface area contributed by atoms with Gasteiger partial charge >= 0.3 is 0 Å². The highest BCUT2D eigenvalue weighted by Crippen LogP contribution is 2.14. The summed E-state index contributed by atoms with van der Waals surface area (Å²) in [6.07, 6.45) is 0.929. The lowest BCUT2D eigenvalue weighted by atomic mass is 10.1. The van der Waals surface area contributed by atoms with E-state index in [0.29, 0.717) is 38.5 Å². The molecular formula is C25H34N2O3. The zero-order chi connectivity index (χ0) is 21.9. The van der Waals surface area contributed by atoms with Crippen molar-refractivity contribution in [2.24, 2.45) is 5.92 Å². The monoisotopic (exact) mass is 410 g/mol. The van der Waals surface area contributed by atoms with Crippen LogP contribution in [0.4, 0.5) is 0 Å². The van der Waals surface area contributed by atoms with Crippen molar-refractivity contribution in [3.63, 3.8) is 0 Å². The van der Waals surface area contributed by atoms with Gasteiger partial charge in [0.2, 0.25) is 11.8 Å². The molecule has 2 aromatic rings. The SMILES string of the molecule is Cc1ccc(OCCCC(=O)N(Cc2ccccc2)C(C)C(=O)NCC(C)C)cc1. The van der Waals surface area contributed by atoms with Gasteiger partial charge in [0, 0.05) is 19.5 Å². The van der Waals surface area contributed by atoms with Crippen LogP contribution in [0.15, 0.2) is 54.6 Å². The molecule has 0 spiro atoms. The van der Waals surface area contributed by atoms with Crippen molar-refractivity contribution in [3.05, 3.63) is 65.7 Å². The highest BCUT2D eigenvalue weighted by atomic mass is 16.5. The third kappa shape index (κ3) is 7.90. The van der Waals surface area contributed by atoms with Crippen molar-refractivity contribution in [1.29, 1.82) is 0 Å². The molecule has 1 N–H and O–H groups in total. The van der Waals surface area contributed by atoms with E-state index in [4.69, 9.17) is 4.74 Å². The summed E-state index contributed by atoms with van der Waals surface area (Å²) in [5.74, 6) is 0.997. The largest absolute Gasteiger partial charge is 0.494 e. The zero-order valence-electron chi connectivity index (χ0n) is 18.6. The highest BCUT2D eigenvalue weighted by Gasteiger charge is 2.25. The minimum Gasteiger partial charge on any atom is -0.494 e. The number of nitrogens with zero attached hydrogens (tertiary/aromatic N) is 1. The lowest BCUT2D eigenvalue weighted by molar-refractivity contribution is -0.140. The minimum absolute atomic E-state index is 0.0430. The highest BCUT2D eigenvalue weighted by molar-refractivity contribution is 5.87. The first-order valence-corrected chi connectivity index (χ1v) is 10.7. The molecule has 2 aromatic carbocycles. The molecule has 0 aromatic heterocycles. The van der Waals surface area contributed by atoms with Crippen LogP contribution >= 0.6 is 0 Å². The topological polar surface area (TPSA) is 58.6 Å². The van der Waals surface area contributed by atoms with Gasteiger partial charge in [-0.2, -0.15) is 0 Å². The van der Waals surface area contributed by atoms with Gasteiger partial charge in [0.25, 0.3) is 0 Å². The summed E-state index contributed by atoms with van der Waals surface area (Å²) in [5, 5.41) is 2.94. The Morgan fingerprint density at radius 1 is 1.00 bits per heavy atom. The Morgan fingerprint density at radius 2 is 1.67 bits per heavy atom. The van der Waals surface area contributed by atoms with Gasteiger partial charge in [0.05, 0.1) is 6.61 Å². The average molecular weight is 411 g/mol. The van der Waals surface area contributed by atoms with Crippen molar-refractivity contribution in [3.8, 4) is 5.75 Å². The minimum atomic E-state index is -0.533. The van der Waals surface area contributed by atoms with Crippen LogP contribution in [0, 0.1) is 12.8 Å². The first kappa shape index (κ1) is 23.5. The number of amides is 2. The van der Waals surface area contributed by atoms with Crippen LogP contribution in [0.3, 0.4) is 0 Å². The van der Waals surface area contributed by atoms with Crippen molar-refractivity contribution < 1.29 is 14.3 Å². The fourth-order valence-electron chi connectivity index (χ4n) is 3.01. The second-order valence-corrected chi connectivity index (χ2v) is 8.09. The molecule has 0 fully saturated rings. The van der Waals surface area contributed by atoms with E-state index >= 15 is 0 Å². The van der Waals surface area contributed by atoms with E-state index in [1.54, 1.807) is 11.8 Å². The molecule has 0 saturated heterocycles. The average Bonchev–Trinajstić information content (AvgIpc) is 2.74. The lowest BCUT2D eigenvalue weighted by Gasteiger charge is -2.29. The molecule has 1 unspecified atom stereocenters. The molecule has 2 amide bonds. The zero-order valence-corrected chi connectivity index (χ0v) is 18.6. The van der Waals surface area contributed by atoms with Gasteiger partial charge < -0.3 is 15.0 Å². The number of benzene rings is 2. The molecule has 0 aliphatic rings. The van der Waals surface area contributed by atoms with Crippen LogP contribution in [-0.2, 0) is 16.1 Å². The van der Waals surface area contributed by atoms with E-state index in [2.05, 4.69) is 5.32 Å². The summed E-state index contributed by atoms with van der Waals surface area (Å²) in [6.45, 7) is 9.39. The third-order valence-corrected chi connectivity index (χ3v) is 4.87. The Bertz CT molecular complexity index is 788. The summed E-state index contributed by atoms with van der Waals surface area (Å²) in [6, 6.07) is 17.1. The van der Waals surface area contributed by atoms with Gasteiger partial charge in [-0.3, -0.25) is 9.59 Å². The van der Waals surface area contributed by atoms with Gasteiger partial charge in [0.1, 0.15) is 11.8 Å². The van der Waals surface area contributed by atoms with E-state index in [1.165, 1.54) is 5.56 Å². The Morgan fingerprint density at radius 3 is 2.30 bits per heavy atom. The van der Waals surface area contributed by atoms with Crippen molar-refractivity contribution in [2.45, 2.75) is 53.1 Å². The fraction of sp³-hybridized carbons (Fsp3) is 0.440. The smallest absolute Gasteiger partial charge is 0.242 e. The molecule has 0 heterocycles. The molecule has 1 atom stereocenters. The predicted octanol–water partition coefficient (Wildman–Crippen LogP) is 4.34. The fourth-order valence-corrected chi connectivity index (χ4v) is 3.01. The molecule has 0 radical (unpaired) electrons. The van der Waals surface area contributed by atoms with Crippen LogP contribution in [0.2, 0.25) is 0 Å². The van der Waals surface area contributed by atoms with Gasteiger partial charge in [-0.05, 0) is 43.9 Å². The van der Waals surface area contributed by atoms with Crippen LogP contribution in [-0.4, -0.2) is 35.9 Å². The number of hydrogen-bond donors (Lipinski definition) is 1. The number of carbonyl (C=O) groups is 2. The van der Waals surface area contributed by atoms with E-state index in [-0.39, 0.29) is 11.8 Å². The van der Waals surface area contributed by atoms with Crippen molar-refractivity contribution >= 4 is 11.8 Å². The maximum atomic E-state index is 13.0. The summed E-state index contributed by atoms with van der Waals surface area (Å²) >= 11 is 0. The van der Waals surface area contributed by atoms with Gasteiger partial charge in [-0.15, -0.1) is 0 Å². The summed E-state index contributed by atoms with van der Waals surface area (Å²) < 4.78 is 5.73. The van der Waals surface area contributed by atoms with Crippen LogP contribution in [0.5, 0.6) is 5.75 Å². The second-order valence-electron chi connectivity index (χ2n) is 8.09. The van der Waals surface area contributed by atoms with Crippen molar-refractivity contribution in [1.82, 2.24) is 10.2 Å². The number of rotatable bonds is 11. The Hall–Kier alpha value is -2.82. The quantitative estimate of drug-likeness (QED) is 0.561. The number of nitrogens with one attached hydrogen (secondary N) is 1. The summed E-state index contributed by atoms with van der Waals surface area (Å²) in [4.78, 5) is 27.2. The Labute approximate surface area is 180 Å². The summed E-state index contributed by atoms with van der Waals surface area (Å²) in [7, 11) is 0. The Balaban J connectivity index is 1.94. The van der Waals surface area contributed by atoms with Crippen molar-refractivity contribution in [2.75, 3.05) is 13.2 Å². The second kappa shape index (κ2) is 12.0. The number of aryl methyl sites for hydroxylation is 1. The molecule has 0 aliphatic heterocycles. The number of carbonyl (C=O) groups excluding carboxylic acids is 2. The van der Waals surface area contributed by atoms with Gasteiger partial charge in [-0.1, -0.05) is 61.9 Å². The summed E-state index contributed by atoms with van der Waals surface area (Å²) in [5.41, 5.74) is 2.18. The standard InChI is InChI=1S/C25H34N2O3/c1-19(2)17-26-25(29)21(4)27(18-22-9-6-5-7-10-22)24(28)11-8-16-30-23-14-12-20(3)13-15-23/h5-7,9-10,12-15,19,21H,8,11,16-18H2,1-4H3,(H,26,29). The van der Waals surface area contributed by atoms with E-state index in [0.717, 1.165) is 11.3 Å². The van der Waals surface area contributed by atoms with Gasteiger partial charge in [0.15, 0.2) is 0 Å². The number of ether oxygens (including phenoxy) is 1. The third-order valence-electron chi connectivity index (χ3n) is 4.87. The van der Waals surface area contributed by atoms with Crippen LogP contribution in [0.1, 0.15) is 44.7 Å². The first-order chi connectivity index (χ1) is 14.4. The number of hydrogen-bond acceptors (Lipinski definition) is 3. The lowest BCUT2D eigenvalue weighted by Crippen LogP contribution is -2.48. The molecule has 30 heavy (non-hydrogen) atoms. The maximum Gasteiger partial charge on any atom is 0.242 e.